The van der Waals surface area contributed by atoms with E-state index in [1.807, 2.05) is 30.3 Å². The van der Waals surface area contributed by atoms with Gasteiger partial charge in [-0.15, -0.1) is 0 Å². The van der Waals surface area contributed by atoms with E-state index in [9.17, 15) is 9.18 Å². The third kappa shape index (κ3) is 4.11. The first-order valence-corrected chi connectivity index (χ1v) is 9.38. The van der Waals surface area contributed by atoms with Crippen LogP contribution in [0.25, 0.3) is 22.4 Å². The van der Waals surface area contributed by atoms with Crippen LogP contribution in [-0.4, -0.2) is 16.0 Å². The summed E-state index contributed by atoms with van der Waals surface area (Å²) in [6, 6.07) is 17.6. The van der Waals surface area contributed by atoms with Crippen LogP contribution in [0, 0.1) is 5.82 Å². The third-order valence-corrected chi connectivity index (χ3v) is 4.67. The minimum absolute atomic E-state index is 0.100. The number of anilines is 1. The van der Waals surface area contributed by atoms with Gasteiger partial charge in [-0.25, -0.2) is 4.39 Å². The monoisotopic (exact) mass is 402 g/mol. The molecule has 2 aromatic heterocycles. The number of carbonyl (C=O) groups is 1. The quantitative estimate of drug-likeness (QED) is 0.505. The zero-order valence-electron chi connectivity index (χ0n) is 16.0. The molecule has 0 fully saturated rings. The molecule has 0 saturated carbocycles. The minimum atomic E-state index is -0.423. The lowest BCUT2D eigenvalue weighted by molar-refractivity contribution is -0.115. The van der Waals surface area contributed by atoms with Gasteiger partial charge in [-0.1, -0.05) is 47.6 Å². The van der Waals surface area contributed by atoms with Gasteiger partial charge < -0.3 is 10.3 Å². The fourth-order valence-corrected chi connectivity index (χ4v) is 3.17. The summed E-state index contributed by atoms with van der Waals surface area (Å²) in [6.07, 6.45) is 3.44. The largest absolute Gasteiger partial charge is 0.337 e. The summed E-state index contributed by atoms with van der Waals surface area (Å²) >= 11 is 0. The van der Waals surface area contributed by atoms with Crippen molar-refractivity contribution in [2.24, 2.45) is 5.73 Å². The molecule has 4 aromatic rings. The Kier molecular flexibility index (Phi) is 5.63. The molecule has 0 aliphatic heterocycles. The highest BCUT2D eigenvalue weighted by Gasteiger charge is 2.22. The number of amides is 1. The van der Waals surface area contributed by atoms with Gasteiger partial charge >= 0.3 is 0 Å². The van der Waals surface area contributed by atoms with Gasteiger partial charge in [0.15, 0.2) is 0 Å². The predicted molar refractivity (Wildman–Crippen MR) is 112 cm³/mol. The molecule has 3 N–H and O–H groups in total. The van der Waals surface area contributed by atoms with Gasteiger partial charge in [-0.05, 0) is 29.3 Å². The van der Waals surface area contributed by atoms with Gasteiger partial charge in [-0.3, -0.25) is 15.1 Å². The number of halogens is 1. The second-order valence-corrected chi connectivity index (χ2v) is 6.69. The first kappa shape index (κ1) is 19.5. The van der Waals surface area contributed by atoms with Crippen molar-refractivity contribution in [3.63, 3.8) is 0 Å². The Labute approximate surface area is 172 Å². The van der Waals surface area contributed by atoms with Crippen LogP contribution in [0.1, 0.15) is 11.1 Å². The Morgan fingerprint density at radius 2 is 1.80 bits per heavy atom. The van der Waals surface area contributed by atoms with E-state index in [2.05, 4.69) is 15.5 Å². The van der Waals surface area contributed by atoms with E-state index in [4.69, 9.17) is 10.3 Å². The Balaban J connectivity index is 1.71. The van der Waals surface area contributed by atoms with E-state index >= 15 is 0 Å². The first-order chi connectivity index (χ1) is 14.7. The van der Waals surface area contributed by atoms with Gasteiger partial charge in [0, 0.05) is 30.1 Å². The van der Waals surface area contributed by atoms with Gasteiger partial charge in [0.05, 0.1) is 12.0 Å². The van der Waals surface area contributed by atoms with Gasteiger partial charge in [0.2, 0.25) is 11.8 Å². The number of hydrogen-bond acceptors (Lipinski definition) is 5. The lowest BCUT2D eigenvalue weighted by Gasteiger charge is -2.07. The Bertz CT molecular complexity index is 1160. The maximum absolute atomic E-state index is 14.3. The Hall–Kier alpha value is -3.84. The molecule has 0 aliphatic carbocycles. The number of nitrogens with one attached hydrogen (secondary N) is 1. The van der Waals surface area contributed by atoms with E-state index in [-0.39, 0.29) is 24.8 Å². The molecule has 1 amide bonds. The van der Waals surface area contributed by atoms with Gasteiger partial charge in [0.1, 0.15) is 11.5 Å². The average Bonchev–Trinajstić information content (AvgIpc) is 3.18. The summed E-state index contributed by atoms with van der Waals surface area (Å²) in [5.41, 5.74) is 9.06. The van der Waals surface area contributed by atoms with Crippen molar-refractivity contribution in [2.45, 2.75) is 13.0 Å². The molecule has 0 saturated heterocycles. The van der Waals surface area contributed by atoms with E-state index in [0.717, 1.165) is 11.1 Å². The number of hydrogen-bond donors (Lipinski definition) is 2. The molecule has 0 unspecified atom stereocenters. The molecule has 6 nitrogen and oxygen atoms in total. The fourth-order valence-electron chi connectivity index (χ4n) is 3.17. The molecule has 0 spiro atoms. The van der Waals surface area contributed by atoms with Crippen LogP contribution in [0.2, 0.25) is 0 Å². The van der Waals surface area contributed by atoms with Crippen molar-refractivity contribution in [1.82, 2.24) is 10.1 Å². The number of pyridine rings is 1. The number of nitrogens with zero attached hydrogens (tertiary/aromatic N) is 2. The molecule has 2 heterocycles. The normalized spacial score (nSPS) is 10.7. The zero-order valence-corrected chi connectivity index (χ0v) is 16.0. The summed E-state index contributed by atoms with van der Waals surface area (Å²) in [5, 5.41) is 6.89. The van der Waals surface area contributed by atoms with Crippen LogP contribution in [0.4, 0.5) is 10.3 Å². The smallest absolute Gasteiger partial charge is 0.239 e. The molecular formula is C23H19FN4O2. The van der Waals surface area contributed by atoms with Crippen LogP contribution in [0.5, 0.6) is 0 Å². The van der Waals surface area contributed by atoms with E-state index in [1.165, 1.54) is 6.07 Å². The van der Waals surface area contributed by atoms with Crippen molar-refractivity contribution in [3.8, 4) is 22.4 Å². The van der Waals surface area contributed by atoms with Crippen molar-refractivity contribution < 1.29 is 13.7 Å². The molecule has 30 heavy (non-hydrogen) atoms. The van der Waals surface area contributed by atoms with Crippen LogP contribution >= 0.6 is 0 Å². The molecular weight excluding hydrogens is 383 g/mol. The summed E-state index contributed by atoms with van der Waals surface area (Å²) < 4.78 is 19.8. The molecule has 0 aliphatic rings. The summed E-state index contributed by atoms with van der Waals surface area (Å²) in [7, 11) is 0. The lowest BCUT2D eigenvalue weighted by atomic mass is 10.0. The van der Waals surface area contributed by atoms with Crippen LogP contribution in [0.15, 0.2) is 77.6 Å². The highest BCUT2D eigenvalue weighted by Crippen LogP contribution is 2.38. The highest BCUT2D eigenvalue weighted by molar-refractivity contribution is 5.97. The van der Waals surface area contributed by atoms with Crippen molar-refractivity contribution in [3.05, 3.63) is 90.0 Å². The molecule has 0 bridgehead atoms. The van der Waals surface area contributed by atoms with Crippen molar-refractivity contribution in [1.29, 1.82) is 0 Å². The third-order valence-electron chi connectivity index (χ3n) is 4.67. The van der Waals surface area contributed by atoms with Gasteiger partial charge in [0.25, 0.3) is 0 Å². The molecule has 4 rings (SSSR count). The maximum Gasteiger partial charge on any atom is 0.239 e. The topological polar surface area (TPSA) is 94.0 Å². The summed E-state index contributed by atoms with van der Waals surface area (Å²) in [4.78, 5) is 16.6. The molecule has 150 valence electrons. The first-order valence-electron chi connectivity index (χ1n) is 9.38. The Morgan fingerprint density at radius 1 is 1.03 bits per heavy atom. The van der Waals surface area contributed by atoms with Crippen LogP contribution in [0.3, 0.4) is 0 Å². The minimum Gasteiger partial charge on any atom is -0.337 e. The maximum atomic E-state index is 14.3. The second-order valence-electron chi connectivity index (χ2n) is 6.69. The highest BCUT2D eigenvalue weighted by atomic mass is 19.1. The Morgan fingerprint density at radius 3 is 2.50 bits per heavy atom. The SMILES string of the molecule is NCc1ccc(-c2noc(NC(=O)Cc3ccccc3)c2-c2ccncc2)cc1F. The van der Waals surface area contributed by atoms with E-state index in [0.29, 0.717) is 22.4 Å². The number of rotatable bonds is 6. The number of benzene rings is 2. The van der Waals surface area contributed by atoms with Crippen molar-refractivity contribution >= 4 is 11.8 Å². The molecule has 0 atom stereocenters. The average molecular weight is 402 g/mol. The fraction of sp³-hybridized carbons (Fsp3) is 0.0870. The van der Waals surface area contributed by atoms with Crippen LogP contribution in [-0.2, 0) is 17.8 Å². The zero-order chi connectivity index (χ0) is 20.9. The predicted octanol–water partition coefficient (Wildman–Crippen LogP) is 4.18. The van der Waals surface area contributed by atoms with E-state index in [1.54, 1.807) is 36.7 Å². The molecule has 2 aromatic carbocycles. The van der Waals surface area contributed by atoms with Crippen LogP contribution < -0.4 is 11.1 Å². The van der Waals surface area contributed by atoms with Crippen molar-refractivity contribution in [2.75, 3.05) is 5.32 Å². The van der Waals surface area contributed by atoms with Gasteiger partial charge in [-0.2, -0.15) is 0 Å². The lowest BCUT2D eigenvalue weighted by Crippen LogP contribution is -2.14. The summed E-state index contributed by atoms with van der Waals surface area (Å²) in [5.74, 6) is -0.474. The number of carbonyl (C=O) groups excluding carboxylic acids is 1. The summed E-state index contributed by atoms with van der Waals surface area (Å²) in [6.45, 7) is 0.100. The number of nitrogens with two attached hydrogens (primary N) is 1. The molecule has 7 heteroatoms. The number of aromatic nitrogens is 2. The van der Waals surface area contributed by atoms with E-state index < -0.39 is 5.82 Å². The second kappa shape index (κ2) is 8.67. The standard InChI is InChI=1S/C23H19FN4O2/c24-19-13-17(6-7-18(19)14-25)22-21(16-8-10-26-11-9-16)23(30-28-22)27-20(29)12-15-4-2-1-3-5-15/h1-11,13H,12,14,25H2,(H,27,29). The molecule has 0 radical (unpaired) electrons.